The van der Waals surface area contributed by atoms with Gasteiger partial charge in [0.05, 0.1) is 6.54 Å². The minimum Gasteiger partial charge on any atom is -0.409 e. The van der Waals surface area contributed by atoms with Gasteiger partial charge in [-0.15, -0.1) is 0 Å². The number of oxime groups is 1. The molecule has 0 aromatic heterocycles. The predicted octanol–water partition coefficient (Wildman–Crippen LogP) is 0.263. The first kappa shape index (κ1) is 16.3. The zero-order valence-corrected chi connectivity index (χ0v) is 12.1. The number of carbonyl (C=O) groups is 2. The highest BCUT2D eigenvalue weighted by molar-refractivity contribution is 6.07. The Morgan fingerprint density at radius 3 is 2.25 bits per heavy atom. The lowest BCUT2D eigenvalue weighted by atomic mass is 9.83. The number of nitrogens with two attached hydrogens (primary N) is 2. The van der Waals surface area contributed by atoms with E-state index in [2.05, 4.69) is 5.16 Å². The third-order valence-corrected chi connectivity index (χ3v) is 3.68. The Balaban J connectivity index is 3.03. The van der Waals surface area contributed by atoms with Gasteiger partial charge in [-0.3, -0.25) is 9.59 Å². The number of hydrogen-bond donors (Lipinski definition) is 3. The molecular weight excluding hydrogens is 260 g/mol. The maximum atomic E-state index is 12.8. The first-order valence-corrected chi connectivity index (χ1v) is 6.89. The maximum Gasteiger partial charge on any atom is 0.237 e. The number of amidine groups is 1. The molecule has 1 aliphatic rings. The summed E-state index contributed by atoms with van der Waals surface area (Å²) >= 11 is 0. The number of nitrogens with zero attached hydrogens (tertiary/aromatic N) is 2. The number of primary amides is 1. The van der Waals surface area contributed by atoms with E-state index >= 15 is 0 Å². The summed E-state index contributed by atoms with van der Waals surface area (Å²) in [4.78, 5) is 25.4. The van der Waals surface area contributed by atoms with E-state index in [9.17, 15) is 9.59 Å². The summed E-state index contributed by atoms with van der Waals surface area (Å²) in [5.41, 5.74) is 9.98. The van der Waals surface area contributed by atoms with Crippen LogP contribution in [0.1, 0.15) is 39.5 Å². The van der Waals surface area contributed by atoms with E-state index in [0.717, 1.165) is 12.8 Å². The van der Waals surface area contributed by atoms with Crippen LogP contribution in [0.4, 0.5) is 0 Å². The van der Waals surface area contributed by atoms with E-state index in [1.807, 2.05) is 13.8 Å². The number of hydrogen-bond acceptors (Lipinski definition) is 4. The van der Waals surface area contributed by atoms with Crippen LogP contribution in [-0.4, -0.2) is 40.8 Å². The molecule has 7 nitrogen and oxygen atoms in total. The van der Waals surface area contributed by atoms with Gasteiger partial charge < -0.3 is 21.6 Å². The molecule has 0 aromatic rings. The Morgan fingerprint density at radius 1 is 1.30 bits per heavy atom. The molecule has 0 atom stereocenters. The van der Waals surface area contributed by atoms with Crippen molar-refractivity contribution in [2.24, 2.45) is 28.0 Å². The van der Waals surface area contributed by atoms with Crippen molar-refractivity contribution >= 4 is 17.6 Å². The van der Waals surface area contributed by atoms with Crippen LogP contribution < -0.4 is 11.5 Å². The highest BCUT2D eigenvalue weighted by atomic mass is 16.4. The van der Waals surface area contributed by atoms with Crippen molar-refractivity contribution in [2.45, 2.75) is 39.5 Å². The number of rotatable bonds is 6. The van der Waals surface area contributed by atoms with Crippen molar-refractivity contribution in [3.8, 4) is 0 Å². The Morgan fingerprint density at radius 2 is 1.85 bits per heavy atom. The molecule has 20 heavy (non-hydrogen) atoms. The average Bonchev–Trinajstić information content (AvgIpc) is 2.85. The summed E-state index contributed by atoms with van der Waals surface area (Å²) in [6.45, 7) is 4.18. The van der Waals surface area contributed by atoms with Gasteiger partial charge in [-0.05, 0) is 18.8 Å². The minimum atomic E-state index is -0.987. The Hall–Kier alpha value is -1.79. The normalized spacial score (nSPS) is 18.2. The molecule has 0 saturated heterocycles. The Labute approximate surface area is 119 Å². The maximum absolute atomic E-state index is 12.8. The third kappa shape index (κ3) is 3.40. The molecule has 114 valence electrons. The molecule has 0 unspecified atom stereocenters. The van der Waals surface area contributed by atoms with Gasteiger partial charge in [-0.25, -0.2) is 0 Å². The van der Waals surface area contributed by atoms with Gasteiger partial charge in [0, 0.05) is 6.54 Å². The monoisotopic (exact) mass is 284 g/mol. The van der Waals surface area contributed by atoms with Crippen molar-refractivity contribution in [1.82, 2.24) is 4.90 Å². The van der Waals surface area contributed by atoms with Gasteiger partial charge in [-0.1, -0.05) is 31.8 Å². The molecule has 0 heterocycles. The third-order valence-electron chi connectivity index (χ3n) is 3.68. The van der Waals surface area contributed by atoms with Gasteiger partial charge in [0.1, 0.15) is 5.41 Å². The van der Waals surface area contributed by atoms with E-state index in [0.29, 0.717) is 19.4 Å². The summed E-state index contributed by atoms with van der Waals surface area (Å²) in [7, 11) is 0. The van der Waals surface area contributed by atoms with Crippen LogP contribution >= 0.6 is 0 Å². The molecule has 0 aliphatic heterocycles. The molecule has 0 spiro atoms. The van der Waals surface area contributed by atoms with Crippen LogP contribution in [0.5, 0.6) is 0 Å². The lowest BCUT2D eigenvalue weighted by molar-refractivity contribution is -0.141. The topological polar surface area (TPSA) is 122 Å². The first-order valence-electron chi connectivity index (χ1n) is 6.89. The SMILES string of the molecule is CC(C)CN(CC(N)=O)C(=O)C1(C(N)=NO)CCCC1. The molecule has 2 amide bonds. The fourth-order valence-corrected chi connectivity index (χ4v) is 2.80. The van der Waals surface area contributed by atoms with Crippen LogP contribution in [0.2, 0.25) is 0 Å². The van der Waals surface area contributed by atoms with E-state index in [4.69, 9.17) is 16.7 Å². The predicted molar refractivity (Wildman–Crippen MR) is 74.9 cm³/mol. The van der Waals surface area contributed by atoms with E-state index in [1.54, 1.807) is 0 Å². The minimum absolute atomic E-state index is 0.0711. The Bertz CT molecular complexity index is 400. The fraction of sp³-hybridized carbons (Fsp3) is 0.769. The molecule has 1 saturated carbocycles. The van der Waals surface area contributed by atoms with Crippen molar-refractivity contribution in [1.29, 1.82) is 0 Å². The molecule has 1 rings (SSSR count). The Kier molecular flexibility index (Phi) is 5.35. The lowest BCUT2D eigenvalue weighted by Gasteiger charge is -2.33. The van der Waals surface area contributed by atoms with Crippen LogP contribution in [0, 0.1) is 11.3 Å². The van der Waals surface area contributed by atoms with Crippen LogP contribution in [0.15, 0.2) is 5.16 Å². The quantitative estimate of drug-likeness (QED) is 0.280. The molecule has 1 fully saturated rings. The van der Waals surface area contributed by atoms with Crippen LogP contribution in [-0.2, 0) is 9.59 Å². The molecule has 0 bridgehead atoms. The zero-order chi connectivity index (χ0) is 15.3. The standard InChI is InChI=1S/C13H24N4O3/c1-9(2)7-17(8-10(14)18)12(19)13(11(15)16-20)5-3-4-6-13/h9,20H,3-8H2,1-2H3,(H2,14,18)(H2,15,16). The van der Waals surface area contributed by atoms with Crippen LogP contribution in [0.25, 0.3) is 0 Å². The van der Waals surface area contributed by atoms with Crippen molar-refractivity contribution in [3.63, 3.8) is 0 Å². The average molecular weight is 284 g/mol. The second kappa shape index (κ2) is 6.58. The molecule has 0 radical (unpaired) electrons. The molecule has 1 aliphatic carbocycles. The van der Waals surface area contributed by atoms with Gasteiger partial charge in [-0.2, -0.15) is 0 Å². The second-order valence-corrected chi connectivity index (χ2v) is 5.82. The fourth-order valence-electron chi connectivity index (χ4n) is 2.80. The lowest BCUT2D eigenvalue weighted by Crippen LogP contribution is -2.52. The van der Waals surface area contributed by atoms with Crippen molar-refractivity contribution < 1.29 is 14.8 Å². The summed E-state index contributed by atoms with van der Waals surface area (Å²) in [6.07, 6.45) is 2.76. The van der Waals surface area contributed by atoms with Crippen molar-refractivity contribution in [2.75, 3.05) is 13.1 Å². The smallest absolute Gasteiger partial charge is 0.237 e. The zero-order valence-electron chi connectivity index (χ0n) is 12.1. The van der Waals surface area contributed by atoms with Crippen molar-refractivity contribution in [3.05, 3.63) is 0 Å². The van der Waals surface area contributed by atoms with Gasteiger partial charge >= 0.3 is 0 Å². The van der Waals surface area contributed by atoms with Crippen LogP contribution in [0.3, 0.4) is 0 Å². The second-order valence-electron chi connectivity index (χ2n) is 5.82. The summed E-state index contributed by atoms with van der Waals surface area (Å²) in [6, 6.07) is 0. The van der Waals surface area contributed by atoms with Gasteiger partial charge in [0.2, 0.25) is 11.8 Å². The summed E-state index contributed by atoms with van der Waals surface area (Å²) < 4.78 is 0. The molecule has 0 aromatic carbocycles. The molecular formula is C13H24N4O3. The summed E-state index contributed by atoms with van der Waals surface area (Å²) in [5, 5.41) is 12.0. The first-order chi connectivity index (χ1) is 9.33. The molecule has 5 N–H and O–H groups in total. The highest BCUT2D eigenvalue weighted by Crippen LogP contribution is 2.40. The largest absolute Gasteiger partial charge is 0.409 e. The summed E-state index contributed by atoms with van der Waals surface area (Å²) in [5.74, 6) is -0.702. The highest BCUT2D eigenvalue weighted by Gasteiger charge is 2.47. The van der Waals surface area contributed by atoms with E-state index in [-0.39, 0.29) is 24.2 Å². The number of amides is 2. The van der Waals surface area contributed by atoms with Gasteiger partial charge in [0.15, 0.2) is 5.84 Å². The van der Waals surface area contributed by atoms with E-state index < -0.39 is 11.3 Å². The number of carbonyl (C=O) groups excluding carboxylic acids is 2. The molecule has 7 heteroatoms. The van der Waals surface area contributed by atoms with E-state index in [1.165, 1.54) is 4.90 Å². The van der Waals surface area contributed by atoms with Gasteiger partial charge in [0.25, 0.3) is 0 Å².